The van der Waals surface area contributed by atoms with Gasteiger partial charge in [0.25, 0.3) is 0 Å². The van der Waals surface area contributed by atoms with Crippen molar-refractivity contribution in [3.63, 3.8) is 0 Å². The zero-order valence-corrected chi connectivity index (χ0v) is 12.3. The summed E-state index contributed by atoms with van der Waals surface area (Å²) in [6.07, 6.45) is 0. The summed E-state index contributed by atoms with van der Waals surface area (Å²) in [7, 11) is 3.53. The molecule has 2 aromatic carbocycles. The van der Waals surface area contributed by atoms with E-state index in [1.165, 1.54) is 0 Å². The van der Waals surface area contributed by atoms with Gasteiger partial charge in [0.15, 0.2) is 5.82 Å². The monoisotopic (exact) mass is 279 g/mol. The predicted molar refractivity (Wildman–Crippen MR) is 85.8 cm³/mol. The molecule has 0 aliphatic carbocycles. The first-order chi connectivity index (χ1) is 10.2. The molecule has 4 nitrogen and oxygen atoms in total. The average molecular weight is 279 g/mol. The van der Waals surface area contributed by atoms with Gasteiger partial charge < -0.3 is 10.1 Å². The SMILES string of the molecule is CNc1nc(-c2cc(C)ccc2OC)nc2ccccc12. The van der Waals surface area contributed by atoms with E-state index in [0.29, 0.717) is 5.82 Å². The zero-order chi connectivity index (χ0) is 14.8. The maximum Gasteiger partial charge on any atom is 0.165 e. The number of rotatable bonds is 3. The van der Waals surface area contributed by atoms with Gasteiger partial charge in [-0.25, -0.2) is 9.97 Å². The van der Waals surface area contributed by atoms with E-state index in [1.807, 2.05) is 56.4 Å². The molecule has 0 bridgehead atoms. The summed E-state index contributed by atoms with van der Waals surface area (Å²) in [6.45, 7) is 2.04. The lowest BCUT2D eigenvalue weighted by atomic mass is 10.1. The van der Waals surface area contributed by atoms with E-state index in [0.717, 1.165) is 33.6 Å². The van der Waals surface area contributed by atoms with Gasteiger partial charge in [-0.3, -0.25) is 0 Å². The number of ether oxygens (including phenoxy) is 1. The lowest BCUT2D eigenvalue weighted by Crippen LogP contribution is -2.00. The minimum atomic E-state index is 0.665. The van der Waals surface area contributed by atoms with Crippen molar-refractivity contribution >= 4 is 16.7 Å². The zero-order valence-electron chi connectivity index (χ0n) is 12.3. The Morgan fingerprint density at radius 3 is 2.62 bits per heavy atom. The van der Waals surface area contributed by atoms with Crippen LogP contribution in [0.4, 0.5) is 5.82 Å². The first kappa shape index (κ1) is 13.4. The second kappa shape index (κ2) is 5.40. The number of anilines is 1. The predicted octanol–water partition coefficient (Wildman–Crippen LogP) is 3.66. The molecule has 0 radical (unpaired) electrons. The topological polar surface area (TPSA) is 47.0 Å². The number of aryl methyl sites for hydroxylation is 1. The summed E-state index contributed by atoms with van der Waals surface area (Å²) in [5.74, 6) is 2.26. The van der Waals surface area contributed by atoms with Crippen LogP contribution in [0.3, 0.4) is 0 Å². The van der Waals surface area contributed by atoms with Gasteiger partial charge in [-0.15, -0.1) is 0 Å². The number of methoxy groups -OCH3 is 1. The van der Waals surface area contributed by atoms with Crippen molar-refractivity contribution in [1.29, 1.82) is 0 Å². The van der Waals surface area contributed by atoms with Gasteiger partial charge in [0, 0.05) is 12.4 Å². The highest BCUT2D eigenvalue weighted by molar-refractivity contribution is 5.90. The van der Waals surface area contributed by atoms with E-state index in [1.54, 1.807) is 7.11 Å². The third-order valence-corrected chi connectivity index (χ3v) is 3.44. The molecule has 0 unspecified atom stereocenters. The molecule has 0 saturated heterocycles. The molecule has 3 aromatic rings. The first-order valence-corrected chi connectivity index (χ1v) is 6.82. The average Bonchev–Trinajstić information content (AvgIpc) is 2.53. The van der Waals surface area contributed by atoms with Crippen LogP contribution in [0.2, 0.25) is 0 Å². The van der Waals surface area contributed by atoms with E-state index in [-0.39, 0.29) is 0 Å². The van der Waals surface area contributed by atoms with Crippen molar-refractivity contribution < 1.29 is 4.74 Å². The minimum Gasteiger partial charge on any atom is -0.496 e. The molecule has 1 heterocycles. The fourth-order valence-corrected chi connectivity index (χ4v) is 2.38. The van der Waals surface area contributed by atoms with Crippen LogP contribution in [-0.2, 0) is 0 Å². The van der Waals surface area contributed by atoms with Crippen LogP contribution in [0.25, 0.3) is 22.3 Å². The summed E-state index contributed by atoms with van der Waals surface area (Å²) in [4.78, 5) is 9.31. The van der Waals surface area contributed by atoms with E-state index < -0.39 is 0 Å². The maximum absolute atomic E-state index is 5.44. The van der Waals surface area contributed by atoms with Crippen molar-refractivity contribution in [3.8, 4) is 17.1 Å². The Morgan fingerprint density at radius 2 is 1.86 bits per heavy atom. The molecule has 0 aliphatic rings. The molecule has 1 aromatic heterocycles. The van der Waals surface area contributed by atoms with E-state index in [4.69, 9.17) is 4.74 Å². The van der Waals surface area contributed by atoms with Crippen LogP contribution < -0.4 is 10.1 Å². The summed E-state index contributed by atoms with van der Waals surface area (Å²) in [5, 5.41) is 4.15. The molecular formula is C17H17N3O. The maximum atomic E-state index is 5.44. The fraction of sp³-hybridized carbons (Fsp3) is 0.176. The molecule has 0 amide bonds. The summed E-state index contributed by atoms with van der Waals surface area (Å²) >= 11 is 0. The number of benzene rings is 2. The normalized spacial score (nSPS) is 10.6. The van der Waals surface area contributed by atoms with Crippen molar-refractivity contribution in [3.05, 3.63) is 48.0 Å². The lowest BCUT2D eigenvalue weighted by Gasteiger charge is -2.11. The number of nitrogens with zero attached hydrogens (tertiary/aromatic N) is 2. The summed E-state index contributed by atoms with van der Waals surface area (Å²) < 4.78 is 5.44. The quantitative estimate of drug-likeness (QED) is 0.795. The van der Waals surface area contributed by atoms with Crippen LogP contribution in [0.5, 0.6) is 5.75 Å². The van der Waals surface area contributed by atoms with Crippen molar-refractivity contribution in [2.75, 3.05) is 19.5 Å². The Bertz CT molecular complexity index is 799. The van der Waals surface area contributed by atoms with Crippen LogP contribution in [0.1, 0.15) is 5.56 Å². The molecule has 0 saturated carbocycles. The van der Waals surface area contributed by atoms with E-state index in [9.17, 15) is 0 Å². The van der Waals surface area contributed by atoms with Gasteiger partial charge in [-0.2, -0.15) is 0 Å². The molecule has 0 atom stereocenters. The Hall–Kier alpha value is -2.62. The number of para-hydroxylation sites is 1. The van der Waals surface area contributed by atoms with Crippen LogP contribution >= 0.6 is 0 Å². The van der Waals surface area contributed by atoms with Crippen molar-refractivity contribution in [2.45, 2.75) is 6.92 Å². The highest BCUT2D eigenvalue weighted by atomic mass is 16.5. The molecular weight excluding hydrogens is 262 g/mol. The minimum absolute atomic E-state index is 0.665. The number of fused-ring (bicyclic) bond motifs is 1. The molecule has 1 N–H and O–H groups in total. The Balaban J connectivity index is 2.28. The Morgan fingerprint density at radius 1 is 1.05 bits per heavy atom. The van der Waals surface area contributed by atoms with E-state index in [2.05, 4.69) is 15.3 Å². The van der Waals surface area contributed by atoms with Crippen LogP contribution in [0.15, 0.2) is 42.5 Å². The Labute approximate surface area is 123 Å². The molecule has 21 heavy (non-hydrogen) atoms. The van der Waals surface area contributed by atoms with Crippen LogP contribution in [0, 0.1) is 6.92 Å². The molecule has 106 valence electrons. The smallest absolute Gasteiger partial charge is 0.165 e. The highest BCUT2D eigenvalue weighted by Gasteiger charge is 2.12. The molecule has 3 rings (SSSR count). The molecule has 0 spiro atoms. The fourth-order valence-electron chi connectivity index (χ4n) is 2.38. The number of hydrogen-bond acceptors (Lipinski definition) is 4. The van der Waals surface area contributed by atoms with Gasteiger partial charge in [-0.05, 0) is 31.2 Å². The first-order valence-electron chi connectivity index (χ1n) is 6.82. The summed E-state index contributed by atoms with van der Waals surface area (Å²) in [6, 6.07) is 14.0. The number of aromatic nitrogens is 2. The Kier molecular flexibility index (Phi) is 3.44. The van der Waals surface area contributed by atoms with Crippen molar-refractivity contribution in [2.24, 2.45) is 0 Å². The van der Waals surface area contributed by atoms with E-state index >= 15 is 0 Å². The van der Waals surface area contributed by atoms with Gasteiger partial charge >= 0.3 is 0 Å². The molecule has 0 fully saturated rings. The van der Waals surface area contributed by atoms with Crippen LogP contribution in [-0.4, -0.2) is 24.1 Å². The van der Waals surface area contributed by atoms with Gasteiger partial charge in [0.1, 0.15) is 11.6 Å². The largest absolute Gasteiger partial charge is 0.496 e. The highest BCUT2D eigenvalue weighted by Crippen LogP contribution is 2.31. The third-order valence-electron chi connectivity index (χ3n) is 3.44. The lowest BCUT2D eigenvalue weighted by molar-refractivity contribution is 0.416. The van der Waals surface area contributed by atoms with Gasteiger partial charge in [-0.1, -0.05) is 23.8 Å². The van der Waals surface area contributed by atoms with Gasteiger partial charge in [0.2, 0.25) is 0 Å². The number of hydrogen-bond donors (Lipinski definition) is 1. The third kappa shape index (κ3) is 2.40. The van der Waals surface area contributed by atoms with Gasteiger partial charge in [0.05, 0.1) is 18.2 Å². The molecule has 4 heteroatoms. The molecule has 0 aliphatic heterocycles. The second-order valence-corrected chi connectivity index (χ2v) is 4.87. The van der Waals surface area contributed by atoms with Crippen molar-refractivity contribution in [1.82, 2.24) is 9.97 Å². The number of nitrogens with one attached hydrogen (secondary N) is 1. The second-order valence-electron chi connectivity index (χ2n) is 4.87. The standard InChI is InChI=1S/C17H17N3O/c1-11-8-9-15(21-3)13(10-11)17-19-14-7-5-4-6-12(14)16(18-2)20-17/h4-10H,1-3H3,(H,18,19,20). The summed E-state index contributed by atoms with van der Waals surface area (Å²) in [5.41, 5.74) is 2.96.